The Morgan fingerprint density at radius 1 is 0.193 bits per heavy atom. The van der Waals surface area contributed by atoms with Crippen LogP contribution in [0.25, 0.3) is 0 Å². The minimum absolute atomic E-state index is 0.205. The van der Waals surface area contributed by atoms with E-state index in [-0.39, 0.29) is 182 Å². The molecule has 0 aromatic rings. The van der Waals surface area contributed by atoms with Gasteiger partial charge in [0.05, 0.1) is 0 Å². The SMILES string of the molecule is CCO[Si](CC[Si](C)(C)O[SiH]1O[Si]2(OC)O[Si]3(O[Si](C)(C)CC[Si](OCC)(OCC)OCC)O[Si](O[SiH3])(O[Si](C)(C)CC[Si](OCC)(OCC)OCC)O[Si]4(O[Si](C)(C)CC[Si](OCC)(OCC)OCC)O[Si](O[Si](C)(C)CC[Si](OCC)(OCC)OCC)(O1)O[Si](O[Si](C)(C)CC[Si](OCC)(OCC)OCC)(O2)O[Si](O[Si](C)(C)CC[Si](OCC)(OCC)OCC)(O3)O4)(OCC)OCC. The second kappa shape index (κ2) is 58.8. The summed E-state index contributed by atoms with van der Waals surface area (Å²) in [5, 5.41) is 0. The van der Waals surface area contributed by atoms with Crippen molar-refractivity contribution in [2.75, 3.05) is 146 Å². The zero-order chi connectivity index (χ0) is 102. The second-order valence-electron chi connectivity index (χ2n) is 35.8. The van der Waals surface area contributed by atoms with E-state index in [9.17, 15) is 0 Å². The van der Waals surface area contributed by atoms with Crippen LogP contribution in [0.2, 0.25) is 176 Å². The van der Waals surface area contributed by atoms with E-state index in [1.807, 2.05) is 237 Å². The maximum Gasteiger partial charge on any atom is 0.660 e. The van der Waals surface area contributed by atoms with Gasteiger partial charge in [-0.3, -0.25) is 0 Å². The van der Waals surface area contributed by atoms with E-state index in [1.54, 1.807) is 0 Å². The molecule has 4 saturated heterocycles. The van der Waals surface area contributed by atoms with Crippen LogP contribution in [0.1, 0.15) is 145 Å². The zero-order valence-electron chi connectivity index (χ0n) is 89.6. The quantitative estimate of drug-likeness (QED) is 0.0510. The lowest BCUT2D eigenvalue weighted by Crippen LogP contribution is -2.89. The van der Waals surface area contributed by atoms with Crippen LogP contribution in [0.3, 0.4) is 0 Å². The van der Waals surface area contributed by atoms with Gasteiger partial charge in [-0.1, -0.05) is 0 Å². The van der Waals surface area contributed by atoms with Gasteiger partial charge < -0.3 is 176 Å². The van der Waals surface area contributed by atoms with E-state index >= 15 is 0 Å². The Balaban J connectivity index is 2.76. The van der Waals surface area contributed by atoms with Gasteiger partial charge in [0.2, 0.25) is 0 Å². The zero-order valence-corrected chi connectivity index (χ0v) is 114. The van der Waals surface area contributed by atoms with Crippen molar-refractivity contribution in [3.8, 4) is 0 Å². The molecule has 4 fully saturated rings. The van der Waals surface area contributed by atoms with Gasteiger partial charge in [0, 0.05) is 188 Å². The van der Waals surface area contributed by atoms with E-state index in [2.05, 4.69) is 0 Å². The molecule has 135 heavy (non-hydrogen) atoms. The first-order valence-electron chi connectivity index (χ1n) is 49.3. The molecule has 6 bridgehead atoms. The molecule has 8 unspecified atom stereocenters. The van der Waals surface area contributed by atoms with Gasteiger partial charge in [-0.2, -0.15) is 0 Å². The van der Waals surface area contributed by atoms with Crippen molar-refractivity contribution in [1.82, 2.24) is 0 Å². The second-order valence-corrected chi connectivity index (χ2v) is 108. The third kappa shape index (κ3) is 41.1. The molecule has 64 heteroatoms. The van der Waals surface area contributed by atoms with Crippen LogP contribution in [0.5, 0.6) is 0 Å². The highest BCUT2D eigenvalue weighted by Crippen LogP contribution is 2.52. The van der Waals surface area contributed by atoms with Crippen LogP contribution < -0.4 is 0 Å². The van der Waals surface area contributed by atoms with E-state index in [0.717, 1.165) is 0 Å². The molecular weight excluding hydrogens is 2150 g/mol. The van der Waals surface area contributed by atoms with Crippen molar-refractivity contribution in [2.45, 2.75) is 322 Å². The Labute approximate surface area is 839 Å². The molecule has 8 atom stereocenters. The topological polar surface area (TPSA) is 378 Å². The van der Waals surface area contributed by atoms with Crippen LogP contribution in [0.15, 0.2) is 0 Å². The third-order valence-corrected chi connectivity index (χ3v) is 103. The van der Waals surface area contributed by atoms with Gasteiger partial charge in [-0.15, -0.1) is 0 Å². The molecule has 0 radical (unpaired) electrons. The molecule has 0 saturated carbocycles. The average Bonchev–Trinajstić information content (AvgIpc) is 0.691. The molecule has 4 aliphatic rings. The molecule has 0 amide bonds. The Bertz CT molecular complexity index is 3180. The largest absolute Gasteiger partial charge is 0.660 e. The van der Waals surface area contributed by atoms with Gasteiger partial charge in [-0.05, 0) is 279 Å². The summed E-state index contributed by atoms with van der Waals surface area (Å²) in [6.07, 6.45) is 0. The molecule has 0 aliphatic carbocycles. The fourth-order valence-electron chi connectivity index (χ4n) is 15.6. The molecule has 0 N–H and O–H groups in total. The van der Waals surface area contributed by atoms with Crippen LogP contribution in [-0.2, 0) is 176 Å². The van der Waals surface area contributed by atoms with E-state index < -0.39 is 193 Å². The monoisotopic (exact) mass is 2330 g/mol. The molecule has 0 spiro atoms. The first-order valence-corrected chi connectivity index (χ1v) is 98.3. The maximum absolute atomic E-state index is 8.57. The molecule has 41 nitrogen and oxygen atoms in total. The predicted octanol–water partition coefficient (Wildman–Crippen LogP) is 13.8. The van der Waals surface area contributed by atoms with Crippen molar-refractivity contribution >= 4 is 203 Å². The van der Waals surface area contributed by atoms with Crippen LogP contribution in [0, 0.1) is 0 Å². The van der Waals surface area contributed by atoms with Gasteiger partial charge in [0.25, 0.3) is 0 Å². The van der Waals surface area contributed by atoms with Crippen LogP contribution in [-0.4, -0.2) is 349 Å². The van der Waals surface area contributed by atoms with Gasteiger partial charge in [0.1, 0.15) is 10.5 Å². The Kier molecular flexibility index (Phi) is 56.9. The van der Waals surface area contributed by atoms with E-state index in [1.165, 1.54) is 7.11 Å². The molecule has 0 aromatic heterocycles. The van der Waals surface area contributed by atoms with Crippen molar-refractivity contribution in [3.05, 3.63) is 0 Å². The predicted molar refractivity (Wildman–Crippen MR) is 559 cm³/mol. The number of hydrogen-bond donors (Lipinski definition) is 0. The van der Waals surface area contributed by atoms with Crippen molar-refractivity contribution in [3.63, 3.8) is 0 Å². The van der Waals surface area contributed by atoms with Crippen molar-refractivity contribution in [1.29, 1.82) is 0 Å². The van der Waals surface area contributed by atoms with Crippen molar-refractivity contribution < 1.29 is 176 Å². The highest BCUT2D eigenvalue weighted by Gasteiger charge is 2.88. The first kappa shape index (κ1) is 131. The summed E-state index contributed by atoms with van der Waals surface area (Å²) in [6, 6.07) is 3.40. The van der Waals surface area contributed by atoms with Crippen molar-refractivity contribution in [2.24, 2.45) is 0 Å². The Morgan fingerprint density at radius 2 is 0.341 bits per heavy atom. The Morgan fingerprint density at radius 3 is 0.519 bits per heavy atom. The minimum atomic E-state index is -6.09. The molecule has 804 valence electrons. The maximum atomic E-state index is 8.57. The minimum Gasteiger partial charge on any atom is -0.419 e. The smallest absolute Gasteiger partial charge is 0.419 e. The van der Waals surface area contributed by atoms with Gasteiger partial charge in [-0.25, -0.2) is 0 Å². The standard InChI is InChI=1S/C71H182O41Si23/c1-37-73-122(74-38-2,75-39-3)65-58-115(23,24)95-114-96-129(72-22)104-132(100-118(29,30)61-68-125(82-46-10,83-47-11)84-48-12)106-130(94-113,98-116(25,26)59-66-123(76-40-4,77-41-5)78-42-6)107-134(102-120(33,34)63-70-127(88-52-16,89-53-17)90-54-18)109-131(97-114,99-117(27,28)60-67-124(79-43-7,80-44-8)81-45-9)108-133(105-129,101-119(31,32)62-69-126(85-49-13,86-50-14)87-51-15)111-135(110-132,112-134)103-121(35,36)64-71-128(91-55-19,92-56-20)93-57-21/h114H,37-71H2,1-36,113H3. The lowest BCUT2D eigenvalue weighted by atomic mass is 10.9. The fraction of sp³-hybridized carbons (Fsp3) is 1.00. The average molecular weight is 2340 g/mol. The number of rotatable bonds is 79. The summed E-state index contributed by atoms with van der Waals surface area (Å²) in [7, 11) is -95.8. The highest BCUT2D eigenvalue weighted by molar-refractivity contribution is 7.02. The summed E-state index contributed by atoms with van der Waals surface area (Å²) >= 11 is 0. The number of hydrogen-bond acceptors (Lipinski definition) is 41. The number of fused-ring (bicyclic) bond motifs is 4. The molecule has 4 aliphatic heterocycles. The summed E-state index contributed by atoms with van der Waals surface area (Å²) in [5.74, 6) is 0. The lowest BCUT2D eigenvalue weighted by molar-refractivity contribution is -0.104. The van der Waals surface area contributed by atoms with Crippen LogP contribution in [0.4, 0.5) is 0 Å². The summed E-state index contributed by atoms with van der Waals surface area (Å²) in [4.78, 5) is 0. The third-order valence-electron chi connectivity index (χ3n) is 20.9. The van der Waals surface area contributed by atoms with E-state index in [0.29, 0.717) is 51.7 Å². The summed E-state index contributed by atoms with van der Waals surface area (Å²) in [5.41, 5.74) is 0. The van der Waals surface area contributed by atoms with Crippen LogP contribution >= 0.6 is 0 Å². The molecule has 4 rings (SSSR count). The first-order chi connectivity index (χ1) is 63.2. The summed E-state index contributed by atoms with van der Waals surface area (Å²) in [6.45, 7) is 73.9. The molecule has 4 heterocycles. The highest BCUT2D eigenvalue weighted by atomic mass is 28.7. The normalized spacial score (nSPS) is 24.3. The fourth-order valence-corrected chi connectivity index (χ4v) is 115. The molecule has 0 aromatic carbocycles. The Hall–Kier alpha value is 3.35. The van der Waals surface area contributed by atoms with Gasteiger partial charge in [0.15, 0.2) is 58.2 Å². The summed E-state index contributed by atoms with van der Waals surface area (Å²) < 4.78 is 303. The van der Waals surface area contributed by atoms with E-state index in [4.69, 9.17) is 176 Å². The lowest BCUT2D eigenvalue weighted by Gasteiger charge is -2.58. The van der Waals surface area contributed by atoms with Gasteiger partial charge >= 0.3 is 134 Å². The molecular formula is C71H182O41Si23.